The van der Waals surface area contributed by atoms with Crippen molar-refractivity contribution in [3.8, 4) is 0 Å². The molecule has 1 atom stereocenters. The molecule has 0 spiro atoms. The second-order valence-electron chi connectivity index (χ2n) is 4.83. The predicted molar refractivity (Wildman–Crippen MR) is 66.1 cm³/mol. The number of rotatable bonds is 1. The molecule has 3 heteroatoms. The quantitative estimate of drug-likeness (QED) is 0.816. The van der Waals surface area contributed by atoms with Gasteiger partial charge >= 0.3 is 5.97 Å². The molecule has 0 bridgehead atoms. The number of aryl methyl sites for hydroxylation is 2. The molecule has 0 fully saturated rings. The van der Waals surface area contributed by atoms with E-state index in [1.807, 2.05) is 6.07 Å². The number of carboxylic acid groups (broad SMARTS) is 1. The monoisotopic (exact) mass is 229 g/mol. The van der Waals surface area contributed by atoms with E-state index in [9.17, 15) is 4.79 Å². The zero-order valence-corrected chi connectivity index (χ0v) is 9.81. The van der Waals surface area contributed by atoms with Crippen molar-refractivity contribution in [2.75, 3.05) is 0 Å². The largest absolute Gasteiger partial charge is 0.481 e. The Balaban J connectivity index is 2.15. The number of aromatic nitrogens is 1. The molecular formula is C14H15NO2. The van der Waals surface area contributed by atoms with Crippen molar-refractivity contribution in [3.05, 3.63) is 35.5 Å². The van der Waals surface area contributed by atoms with Crippen LogP contribution in [0.15, 0.2) is 24.3 Å². The molecule has 0 radical (unpaired) electrons. The van der Waals surface area contributed by atoms with Crippen LogP contribution in [0.3, 0.4) is 0 Å². The van der Waals surface area contributed by atoms with Gasteiger partial charge in [-0.1, -0.05) is 12.1 Å². The van der Waals surface area contributed by atoms with Gasteiger partial charge in [-0.15, -0.1) is 0 Å². The number of fused-ring (bicyclic) bond motifs is 3. The summed E-state index contributed by atoms with van der Waals surface area (Å²) >= 11 is 0. The lowest BCUT2D eigenvalue weighted by Crippen LogP contribution is -2.26. The molecule has 3 rings (SSSR count). The normalized spacial score (nSPS) is 19.2. The van der Waals surface area contributed by atoms with Crippen LogP contribution in [0, 0.1) is 12.8 Å². The van der Waals surface area contributed by atoms with Gasteiger partial charge in [-0.2, -0.15) is 0 Å². The van der Waals surface area contributed by atoms with Crippen LogP contribution in [0.1, 0.15) is 17.7 Å². The summed E-state index contributed by atoms with van der Waals surface area (Å²) in [5.74, 6) is -0.913. The van der Waals surface area contributed by atoms with Gasteiger partial charge in [0.25, 0.3) is 0 Å². The Bertz CT molecular complexity index is 598. The molecule has 88 valence electrons. The summed E-state index contributed by atoms with van der Waals surface area (Å²) in [5.41, 5.74) is 3.70. The van der Waals surface area contributed by atoms with Crippen LogP contribution in [-0.2, 0) is 17.8 Å². The first-order valence-corrected chi connectivity index (χ1v) is 5.97. The van der Waals surface area contributed by atoms with Gasteiger partial charge < -0.3 is 9.67 Å². The Hall–Kier alpha value is -1.77. The van der Waals surface area contributed by atoms with E-state index in [2.05, 4.69) is 29.7 Å². The lowest BCUT2D eigenvalue weighted by molar-refractivity contribution is -0.142. The number of nitrogens with zero attached hydrogens (tertiary/aromatic N) is 1. The molecule has 17 heavy (non-hydrogen) atoms. The van der Waals surface area contributed by atoms with Gasteiger partial charge in [0.1, 0.15) is 0 Å². The van der Waals surface area contributed by atoms with E-state index in [4.69, 9.17) is 5.11 Å². The van der Waals surface area contributed by atoms with Crippen LogP contribution in [0.5, 0.6) is 0 Å². The lowest BCUT2D eigenvalue weighted by Gasteiger charge is -2.22. The molecule has 2 aromatic rings. The molecule has 0 aliphatic carbocycles. The van der Waals surface area contributed by atoms with Crippen molar-refractivity contribution in [1.29, 1.82) is 0 Å². The highest BCUT2D eigenvalue weighted by atomic mass is 16.4. The Kier molecular flexibility index (Phi) is 2.21. The number of carboxylic acids is 1. The summed E-state index contributed by atoms with van der Waals surface area (Å²) in [5, 5.41) is 10.4. The van der Waals surface area contributed by atoms with Gasteiger partial charge in [0.05, 0.1) is 5.92 Å². The number of carbonyl (C=O) groups is 1. The number of benzene rings is 1. The minimum Gasteiger partial charge on any atom is -0.481 e. The first kappa shape index (κ1) is 10.4. The molecule has 1 aliphatic rings. The molecule has 1 aliphatic heterocycles. The maximum absolute atomic E-state index is 11.1. The van der Waals surface area contributed by atoms with Crippen LogP contribution >= 0.6 is 0 Å². The number of hydrogen-bond donors (Lipinski definition) is 1. The van der Waals surface area contributed by atoms with Crippen molar-refractivity contribution in [2.24, 2.45) is 5.92 Å². The van der Waals surface area contributed by atoms with Crippen LogP contribution in [-0.4, -0.2) is 15.6 Å². The minimum absolute atomic E-state index is 0.237. The van der Waals surface area contributed by atoms with Gasteiger partial charge in [-0.05, 0) is 37.5 Å². The summed E-state index contributed by atoms with van der Waals surface area (Å²) in [6, 6.07) is 8.43. The second-order valence-corrected chi connectivity index (χ2v) is 4.83. The lowest BCUT2D eigenvalue weighted by atomic mass is 9.98. The molecule has 1 aromatic carbocycles. The maximum atomic E-state index is 11.1. The molecule has 1 unspecified atom stereocenters. The second kappa shape index (κ2) is 3.62. The highest BCUT2D eigenvalue weighted by molar-refractivity contribution is 5.85. The van der Waals surface area contributed by atoms with E-state index >= 15 is 0 Å². The SMILES string of the molecule is Cc1cccc2c1cc1n2CC(C(=O)O)CC1. The van der Waals surface area contributed by atoms with Gasteiger partial charge in [-0.25, -0.2) is 0 Å². The third-order valence-electron chi connectivity index (χ3n) is 3.75. The summed E-state index contributed by atoms with van der Waals surface area (Å²) in [6.07, 6.45) is 1.62. The fraction of sp³-hybridized carbons (Fsp3) is 0.357. The third kappa shape index (κ3) is 1.54. The Morgan fingerprint density at radius 1 is 1.47 bits per heavy atom. The molecule has 1 N–H and O–H groups in total. The predicted octanol–water partition coefficient (Wildman–Crippen LogP) is 2.60. The summed E-state index contributed by atoms with van der Waals surface area (Å²) < 4.78 is 2.17. The molecule has 2 heterocycles. The Morgan fingerprint density at radius 2 is 2.29 bits per heavy atom. The summed E-state index contributed by atoms with van der Waals surface area (Å²) in [4.78, 5) is 11.1. The highest BCUT2D eigenvalue weighted by Crippen LogP contribution is 2.29. The fourth-order valence-corrected chi connectivity index (χ4v) is 2.75. The first-order chi connectivity index (χ1) is 8.16. The van der Waals surface area contributed by atoms with Crippen LogP contribution in [0.2, 0.25) is 0 Å². The van der Waals surface area contributed by atoms with E-state index in [1.165, 1.54) is 22.2 Å². The van der Waals surface area contributed by atoms with Crippen molar-refractivity contribution in [2.45, 2.75) is 26.3 Å². The van der Waals surface area contributed by atoms with Crippen molar-refractivity contribution < 1.29 is 9.90 Å². The van der Waals surface area contributed by atoms with Crippen molar-refractivity contribution in [1.82, 2.24) is 4.57 Å². The van der Waals surface area contributed by atoms with Crippen molar-refractivity contribution in [3.63, 3.8) is 0 Å². The number of hydrogen-bond acceptors (Lipinski definition) is 1. The molecule has 3 nitrogen and oxygen atoms in total. The Morgan fingerprint density at radius 3 is 3.06 bits per heavy atom. The summed E-state index contributed by atoms with van der Waals surface area (Å²) in [7, 11) is 0. The average molecular weight is 229 g/mol. The first-order valence-electron chi connectivity index (χ1n) is 5.97. The molecule has 0 saturated carbocycles. The molecule has 1 aromatic heterocycles. The topological polar surface area (TPSA) is 42.2 Å². The summed E-state index contributed by atoms with van der Waals surface area (Å²) in [6.45, 7) is 2.71. The zero-order chi connectivity index (χ0) is 12.0. The third-order valence-corrected chi connectivity index (χ3v) is 3.75. The van der Waals surface area contributed by atoms with Crippen LogP contribution < -0.4 is 0 Å². The molecule has 0 saturated heterocycles. The molecule has 0 amide bonds. The van der Waals surface area contributed by atoms with Gasteiger partial charge in [0, 0.05) is 23.1 Å². The van der Waals surface area contributed by atoms with Crippen LogP contribution in [0.25, 0.3) is 10.9 Å². The van der Waals surface area contributed by atoms with E-state index in [1.54, 1.807) is 0 Å². The van der Waals surface area contributed by atoms with E-state index in [-0.39, 0.29) is 5.92 Å². The fourth-order valence-electron chi connectivity index (χ4n) is 2.75. The minimum atomic E-state index is -0.676. The standard InChI is InChI=1S/C14H15NO2/c1-9-3-2-4-13-12(9)7-11-6-5-10(14(16)17)8-15(11)13/h2-4,7,10H,5-6,8H2,1H3,(H,16,17). The maximum Gasteiger partial charge on any atom is 0.308 e. The van der Waals surface area contributed by atoms with E-state index in [0.29, 0.717) is 6.54 Å². The highest BCUT2D eigenvalue weighted by Gasteiger charge is 2.25. The average Bonchev–Trinajstić information content (AvgIpc) is 2.68. The zero-order valence-electron chi connectivity index (χ0n) is 9.81. The van der Waals surface area contributed by atoms with Gasteiger partial charge in [0.2, 0.25) is 0 Å². The van der Waals surface area contributed by atoms with Crippen LogP contribution in [0.4, 0.5) is 0 Å². The molecular weight excluding hydrogens is 214 g/mol. The smallest absolute Gasteiger partial charge is 0.308 e. The van der Waals surface area contributed by atoms with E-state index < -0.39 is 5.97 Å². The Labute approximate surface area is 99.7 Å². The van der Waals surface area contributed by atoms with Crippen molar-refractivity contribution >= 4 is 16.9 Å². The van der Waals surface area contributed by atoms with Gasteiger partial charge in [0.15, 0.2) is 0 Å². The van der Waals surface area contributed by atoms with E-state index in [0.717, 1.165) is 12.8 Å². The van der Waals surface area contributed by atoms with Gasteiger partial charge in [-0.3, -0.25) is 4.79 Å². The number of aliphatic carboxylic acids is 1.